The fourth-order valence-electron chi connectivity index (χ4n) is 1.93. The molecule has 0 aliphatic heterocycles. The number of benzene rings is 1. The van der Waals surface area contributed by atoms with Gasteiger partial charge in [0.2, 0.25) is 10.0 Å². The van der Waals surface area contributed by atoms with E-state index in [2.05, 4.69) is 23.9 Å². The smallest absolute Gasteiger partial charge is 0.242 e. The van der Waals surface area contributed by atoms with Gasteiger partial charge in [0.25, 0.3) is 0 Å². The minimum absolute atomic E-state index is 0.0632. The maximum absolute atomic E-state index is 11.9. The van der Waals surface area contributed by atoms with Crippen molar-refractivity contribution in [1.29, 1.82) is 0 Å². The molecule has 1 unspecified atom stereocenters. The van der Waals surface area contributed by atoms with Gasteiger partial charge in [-0.3, -0.25) is 0 Å². The van der Waals surface area contributed by atoms with Crippen LogP contribution in [0.25, 0.3) is 0 Å². The maximum atomic E-state index is 11.9. The Morgan fingerprint density at radius 3 is 2.42 bits per heavy atom. The van der Waals surface area contributed by atoms with Crippen LogP contribution in [0.1, 0.15) is 20.3 Å². The van der Waals surface area contributed by atoms with Gasteiger partial charge in [-0.1, -0.05) is 26.0 Å². The summed E-state index contributed by atoms with van der Waals surface area (Å²) in [6, 6.07) is 6.91. The van der Waals surface area contributed by atoms with Crippen LogP contribution in [0.15, 0.2) is 29.2 Å². The normalized spacial score (nSPS) is 13.5. The van der Waals surface area contributed by atoms with E-state index in [1.807, 2.05) is 0 Å². The van der Waals surface area contributed by atoms with Gasteiger partial charge in [0.05, 0.1) is 5.69 Å². The van der Waals surface area contributed by atoms with Crippen LogP contribution in [0, 0.1) is 5.92 Å². The molecule has 1 atom stereocenters. The summed E-state index contributed by atoms with van der Waals surface area (Å²) >= 11 is 0. The fourth-order valence-corrected chi connectivity index (χ4v) is 2.83. The molecule has 1 aromatic rings. The number of hydrogen-bond acceptors (Lipinski definition) is 4. The first-order valence-corrected chi connectivity index (χ1v) is 7.88. The van der Waals surface area contributed by atoms with E-state index in [-0.39, 0.29) is 10.9 Å². The lowest BCUT2D eigenvalue weighted by molar-refractivity contribution is 0.521. The molecule has 108 valence electrons. The predicted molar refractivity (Wildman–Crippen MR) is 78.6 cm³/mol. The highest BCUT2D eigenvalue weighted by Crippen LogP contribution is 2.22. The second-order valence-electron chi connectivity index (χ2n) is 4.91. The molecule has 19 heavy (non-hydrogen) atoms. The molecular formula is C13H23N3O2S. The van der Waals surface area contributed by atoms with Crippen molar-refractivity contribution in [3.8, 4) is 0 Å². The van der Waals surface area contributed by atoms with Crippen molar-refractivity contribution in [3.63, 3.8) is 0 Å². The first-order chi connectivity index (χ1) is 8.90. The number of rotatable bonds is 7. The highest BCUT2D eigenvalue weighted by molar-refractivity contribution is 7.89. The lowest BCUT2D eigenvalue weighted by atomic mass is 10.0. The van der Waals surface area contributed by atoms with Crippen molar-refractivity contribution >= 4 is 15.7 Å². The van der Waals surface area contributed by atoms with Gasteiger partial charge >= 0.3 is 0 Å². The first-order valence-electron chi connectivity index (χ1n) is 6.40. The van der Waals surface area contributed by atoms with Crippen LogP contribution in [0.4, 0.5) is 5.69 Å². The molecular weight excluding hydrogens is 262 g/mol. The minimum atomic E-state index is -3.46. The van der Waals surface area contributed by atoms with Crippen molar-refractivity contribution < 1.29 is 8.42 Å². The molecule has 0 fully saturated rings. The Morgan fingerprint density at radius 1 is 1.26 bits per heavy atom. The molecule has 0 spiro atoms. The second-order valence-corrected chi connectivity index (χ2v) is 6.77. The Hall–Kier alpha value is -1.11. The van der Waals surface area contributed by atoms with Crippen LogP contribution < -0.4 is 15.8 Å². The number of nitrogens with two attached hydrogens (primary N) is 1. The maximum Gasteiger partial charge on any atom is 0.242 e. The Morgan fingerprint density at radius 2 is 1.89 bits per heavy atom. The lowest BCUT2D eigenvalue weighted by Crippen LogP contribution is -2.31. The van der Waals surface area contributed by atoms with Crippen molar-refractivity contribution in [2.24, 2.45) is 11.7 Å². The average Bonchev–Trinajstić information content (AvgIpc) is 2.38. The summed E-state index contributed by atoms with van der Waals surface area (Å²) in [4.78, 5) is 0.250. The molecule has 4 N–H and O–H groups in total. The van der Waals surface area contributed by atoms with E-state index >= 15 is 0 Å². The summed E-state index contributed by atoms with van der Waals surface area (Å²) < 4.78 is 26.2. The zero-order chi connectivity index (χ0) is 14.5. The Balaban J connectivity index is 3.01. The summed E-state index contributed by atoms with van der Waals surface area (Å²) in [5, 5.41) is 3.22. The summed E-state index contributed by atoms with van der Waals surface area (Å²) in [5.41, 5.74) is 6.32. The molecule has 0 amide bonds. The monoisotopic (exact) mass is 285 g/mol. The zero-order valence-electron chi connectivity index (χ0n) is 11.7. The molecule has 0 aromatic heterocycles. The molecule has 0 aliphatic carbocycles. The van der Waals surface area contributed by atoms with Gasteiger partial charge in [0.15, 0.2) is 0 Å². The summed E-state index contributed by atoms with van der Waals surface area (Å²) in [6.07, 6.45) is 0.893. The third-order valence-electron chi connectivity index (χ3n) is 2.85. The second kappa shape index (κ2) is 6.88. The Labute approximate surface area is 115 Å². The number of hydrogen-bond donors (Lipinski definition) is 3. The lowest BCUT2D eigenvalue weighted by Gasteiger charge is -2.21. The molecule has 1 aromatic carbocycles. The third kappa shape index (κ3) is 4.49. The average molecular weight is 285 g/mol. The van der Waals surface area contributed by atoms with E-state index in [1.165, 1.54) is 7.05 Å². The molecule has 0 bridgehead atoms. The minimum Gasteiger partial charge on any atom is -0.380 e. The number of para-hydroxylation sites is 1. The van der Waals surface area contributed by atoms with E-state index < -0.39 is 10.0 Å². The molecule has 0 heterocycles. The molecule has 6 heteroatoms. The number of anilines is 1. The van der Waals surface area contributed by atoms with Gasteiger partial charge in [0, 0.05) is 12.6 Å². The van der Waals surface area contributed by atoms with E-state index in [9.17, 15) is 8.42 Å². The third-order valence-corrected chi connectivity index (χ3v) is 4.32. The van der Waals surface area contributed by atoms with E-state index in [4.69, 9.17) is 5.73 Å². The number of nitrogens with one attached hydrogen (secondary N) is 2. The van der Waals surface area contributed by atoms with Gasteiger partial charge < -0.3 is 11.1 Å². The Bertz CT molecular complexity index is 500. The Kier molecular flexibility index (Phi) is 5.78. The predicted octanol–water partition coefficient (Wildman–Crippen LogP) is 1.38. The van der Waals surface area contributed by atoms with Gasteiger partial charge in [-0.25, -0.2) is 13.1 Å². The summed E-state index contributed by atoms with van der Waals surface area (Å²) in [5.74, 6) is 0.495. The van der Waals surface area contributed by atoms with Crippen molar-refractivity contribution in [2.45, 2.75) is 31.2 Å². The first kappa shape index (κ1) is 15.9. The van der Waals surface area contributed by atoms with Crippen LogP contribution in [0.5, 0.6) is 0 Å². The molecule has 1 rings (SSSR count). The molecule has 0 aliphatic rings. The van der Waals surface area contributed by atoms with Gasteiger partial charge in [-0.15, -0.1) is 0 Å². The number of sulfonamides is 1. The zero-order valence-corrected chi connectivity index (χ0v) is 12.5. The van der Waals surface area contributed by atoms with Gasteiger partial charge in [0.1, 0.15) is 4.90 Å². The highest BCUT2D eigenvalue weighted by atomic mass is 32.2. The van der Waals surface area contributed by atoms with Crippen LogP contribution >= 0.6 is 0 Å². The van der Waals surface area contributed by atoms with E-state index in [0.717, 1.165) is 6.42 Å². The van der Waals surface area contributed by atoms with Crippen molar-refractivity contribution in [1.82, 2.24) is 4.72 Å². The highest BCUT2D eigenvalue weighted by Gasteiger charge is 2.18. The largest absolute Gasteiger partial charge is 0.380 e. The summed E-state index contributed by atoms with van der Waals surface area (Å²) in [6.45, 7) is 4.69. The topological polar surface area (TPSA) is 84.2 Å². The van der Waals surface area contributed by atoms with Crippen LogP contribution in [-0.2, 0) is 10.0 Å². The van der Waals surface area contributed by atoms with Crippen molar-refractivity contribution in [2.75, 3.05) is 18.9 Å². The molecule has 0 saturated heterocycles. The van der Waals surface area contributed by atoms with Gasteiger partial charge in [-0.2, -0.15) is 0 Å². The van der Waals surface area contributed by atoms with Crippen LogP contribution in [-0.4, -0.2) is 28.1 Å². The molecule has 0 radical (unpaired) electrons. The van der Waals surface area contributed by atoms with Crippen LogP contribution in [0.2, 0.25) is 0 Å². The van der Waals surface area contributed by atoms with E-state index in [1.54, 1.807) is 24.3 Å². The fraction of sp³-hybridized carbons (Fsp3) is 0.538. The SMILES string of the molecule is CNS(=O)(=O)c1ccccc1NC(CN)CC(C)C. The molecule has 0 saturated carbocycles. The van der Waals surface area contributed by atoms with Gasteiger partial charge in [-0.05, 0) is 31.5 Å². The summed E-state index contributed by atoms with van der Waals surface area (Å²) in [7, 11) is -2.06. The van der Waals surface area contributed by atoms with E-state index in [0.29, 0.717) is 18.2 Å². The van der Waals surface area contributed by atoms with Crippen LogP contribution in [0.3, 0.4) is 0 Å². The standard InChI is InChI=1S/C13H23N3O2S/c1-10(2)8-11(9-14)16-12-6-4-5-7-13(12)19(17,18)15-3/h4-7,10-11,15-16H,8-9,14H2,1-3H3. The van der Waals surface area contributed by atoms with Crippen molar-refractivity contribution in [3.05, 3.63) is 24.3 Å². The molecule has 5 nitrogen and oxygen atoms in total. The quantitative estimate of drug-likeness (QED) is 0.706.